The quantitative estimate of drug-likeness (QED) is 0.916. The van der Waals surface area contributed by atoms with Crippen molar-refractivity contribution in [1.82, 2.24) is 5.32 Å². The van der Waals surface area contributed by atoms with Gasteiger partial charge in [0.05, 0.1) is 13.7 Å². The summed E-state index contributed by atoms with van der Waals surface area (Å²) in [6, 6.07) is 15.9. The molecule has 108 valence electrons. The van der Waals surface area contributed by atoms with Crippen molar-refractivity contribution in [2.75, 3.05) is 20.2 Å². The predicted molar refractivity (Wildman–Crippen MR) is 83.2 cm³/mol. The number of amidine groups is 1. The van der Waals surface area contributed by atoms with E-state index < -0.39 is 0 Å². The van der Waals surface area contributed by atoms with Gasteiger partial charge in [0, 0.05) is 12.1 Å². The number of para-hydroxylation sites is 2. The summed E-state index contributed by atoms with van der Waals surface area (Å²) in [4.78, 5) is 4.41. The Kier molecular flexibility index (Phi) is 4.05. The number of ether oxygens (including phenoxy) is 2. The van der Waals surface area contributed by atoms with E-state index in [1.807, 2.05) is 24.3 Å². The first-order chi connectivity index (χ1) is 10.4. The van der Waals surface area contributed by atoms with Gasteiger partial charge in [0.15, 0.2) is 11.5 Å². The van der Waals surface area contributed by atoms with Crippen molar-refractivity contribution < 1.29 is 9.47 Å². The standard InChI is InChI=1S/C17H18N2O2/c1-20-15-4-2-3-5-16(15)21-12-13-6-8-14(9-7-13)17-18-10-11-19-17/h2-9H,10-12H2,1H3,(H,18,19). The van der Waals surface area contributed by atoms with E-state index in [4.69, 9.17) is 9.47 Å². The highest BCUT2D eigenvalue weighted by molar-refractivity contribution is 5.99. The summed E-state index contributed by atoms with van der Waals surface area (Å²) in [6.45, 7) is 2.29. The molecule has 2 aromatic rings. The van der Waals surface area contributed by atoms with Crippen molar-refractivity contribution in [2.24, 2.45) is 4.99 Å². The van der Waals surface area contributed by atoms with Gasteiger partial charge in [-0.3, -0.25) is 4.99 Å². The van der Waals surface area contributed by atoms with Crippen molar-refractivity contribution in [1.29, 1.82) is 0 Å². The average Bonchev–Trinajstić information content (AvgIpc) is 3.08. The van der Waals surface area contributed by atoms with Gasteiger partial charge in [-0.05, 0) is 17.7 Å². The zero-order valence-corrected chi connectivity index (χ0v) is 12.0. The molecule has 0 aromatic heterocycles. The fraction of sp³-hybridized carbons (Fsp3) is 0.235. The van der Waals surface area contributed by atoms with Crippen LogP contribution in [0.1, 0.15) is 11.1 Å². The van der Waals surface area contributed by atoms with Gasteiger partial charge in [0.1, 0.15) is 12.4 Å². The predicted octanol–water partition coefficient (Wildman–Crippen LogP) is 2.62. The molecule has 0 spiro atoms. The molecule has 0 unspecified atom stereocenters. The van der Waals surface area contributed by atoms with Crippen molar-refractivity contribution >= 4 is 5.84 Å². The summed E-state index contributed by atoms with van der Waals surface area (Å²) in [7, 11) is 1.65. The second-order valence-electron chi connectivity index (χ2n) is 4.79. The van der Waals surface area contributed by atoms with Crippen LogP contribution >= 0.6 is 0 Å². The van der Waals surface area contributed by atoms with E-state index in [1.165, 1.54) is 0 Å². The maximum absolute atomic E-state index is 5.81. The van der Waals surface area contributed by atoms with Crippen molar-refractivity contribution in [3.63, 3.8) is 0 Å². The van der Waals surface area contributed by atoms with Gasteiger partial charge >= 0.3 is 0 Å². The number of hydrogen-bond donors (Lipinski definition) is 1. The lowest BCUT2D eigenvalue weighted by Gasteiger charge is -2.10. The third-order valence-electron chi connectivity index (χ3n) is 3.36. The summed E-state index contributed by atoms with van der Waals surface area (Å²) >= 11 is 0. The smallest absolute Gasteiger partial charge is 0.161 e. The lowest BCUT2D eigenvalue weighted by molar-refractivity contribution is 0.284. The summed E-state index contributed by atoms with van der Waals surface area (Å²) < 4.78 is 11.1. The van der Waals surface area contributed by atoms with Crippen LogP contribution in [-0.2, 0) is 6.61 Å². The van der Waals surface area contributed by atoms with Crippen LogP contribution < -0.4 is 14.8 Å². The molecule has 1 heterocycles. The molecular weight excluding hydrogens is 264 g/mol. The Bertz CT molecular complexity index is 635. The van der Waals surface area contributed by atoms with E-state index >= 15 is 0 Å². The normalized spacial score (nSPS) is 13.5. The number of hydrogen-bond acceptors (Lipinski definition) is 4. The minimum absolute atomic E-state index is 0.514. The second-order valence-corrected chi connectivity index (χ2v) is 4.79. The van der Waals surface area contributed by atoms with Crippen LogP contribution in [0.5, 0.6) is 11.5 Å². The average molecular weight is 282 g/mol. The van der Waals surface area contributed by atoms with E-state index in [-0.39, 0.29) is 0 Å². The van der Waals surface area contributed by atoms with Crippen LogP contribution in [0.4, 0.5) is 0 Å². The molecule has 0 aliphatic carbocycles. The van der Waals surface area contributed by atoms with E-state index in [0.717, 1.165) is 41.6 Å². The zero-order chi connectivity index (χ0) is 14.5. The van der Waals surface area contributed by atoms with Crippen LogP contribution in [0.25, 0.3) is 0 Å². The molecule has 0 saturated heterocycles. The van der Waals surface area contributed by atoms with Crippen LogP contribution in [0.15, 0.2) is 53.5 Å². The summed E-state index contributed by atoms with van der Waals surface area (Å²) in [6.07, 6.45) is 0. The molecule has 3 rings (SSSR count). The highest BCUT2D eigenvalue weighted by Gasteiger charge is 2.08. The molecule has 0 atom stereocenters. The minimum Gasteiger partial charge on any atom is -0.493 e. The number of benzene rings is 2. The fourth-order valence-corrected chi connectivity index (χ4v) is 2.25. The van der Waals surface area contributed by atoms with E-state index in [9.17, 15) is 0 Å². The van der Waals surface area contributed by atoms with Crippen LogP contribution in [0.3, 0.4) is 0 Å². The molecule has 0 saturated carbocycles. The monoisotopic (exact) mass is 282 g/mol. The Labute approximate surface area is 124 Å². The van der Waals surface area contributed by atoms with Gasteiger partial charge in [-0.25, -0.2) is 0 Å². The van der Waals surface area contributed by atoms with E-state index in [1.54, 1.807) is 7.11 Å². The van der Waals surface area contributed by atoms with Gasteiger partial charge in [0.25, 0.3) is 0 Å². The summed E-state index contributed by atoms with van der Waals surface area (Å²) in [5, 5.41) is 3.27. The number of aliphatic imine (C=N–C) groups is 1. The molecule has 0 bridgehead atoms. The van der Waals surface area contributed by atoms with Gasteiger partial charge in [-0.15, -0.1) is 0 Å². The van der Waals surface area contributed by atoms with Crippen molar-refractivity contribution in [3.8, 4) is 11.5 Å². The number of rotatable bonds is 5. The van der Waals surface area contributed by atoms with E-state index in [2.05, 4.69) is 34.6 Å². The number of nitrogens with one attached hydrogen (secondary N) is 1. The lowest BCUT2D eigenvalue weighted by atomic mass is 10.1. The Morgan fingerprint density at radius 3 is 2.48 bits per heavy atom. The lowest BCUT2D eigenvalue weighted by Crippen LogP contribution is -2.19. The highest BCUT2D eigenvalue weighted by atomic mass is 16.5. The Morgan fingerprint density at radius 2 is 1.81 bits per heavy atom. The molecule has 0 amide bonds. The van der Waals surface area contributed by atoms with Gasteiger partial charge in [-0.2, -0.15) is 0 Å². The number of methoxy groups -OCH3 is 1. The molecule has 0 fully saturated rings. The maximum atomic E-state index is 5.81. The summed E-state index contributed by atoms with van der Waals surface area (Å²) in [5.41, 5.74) is 2.23. The molecule has 4 nitrogen and oxygen atoms in total. The van der Waals surface area contributed by atoms with Crippen LogP contribution in [-0.4, -0.2) is 26.0 Å². The minimum atomic E-state index is 0.514. The molecule has 1 aliphatic rings. The Balaban J connectivity index is 1.65. The van der Waals surface area contributed by atoms with Gasteiger partial charge in [0.2, 0.25) is 0 Å². The molecular formula is C17H18N2O2. The zero-order valence-electron chi connectivity index (χ0n) is 12.0. The summed E-state index contributed by atoms with van der Waals surface area (Å²) in [5.74, 6) is 2.48. The maximum Gasteiger partial charge on any atom is 0.161 e. The number of nitrogens with zero attached hydrogens (tertiary/aromatic N) is 1. The molecule has 21 heavy (non-hydrogen) atoms. The molecule has 4 heteroatoms. The molecule has 0 radical (unpaired) electrons. The first kappa shape index (κ1) is 13.5. The topological polar surface area (TPSA) is 42.9 Å². The molecule has 1 aliphatic heterocycles. The SMILES string of the molecule is COc1ccccc1OCc1ccc(C2=NCCN2)cc1. The first-order valence-electron chi connectivity index (χ1n) is 7.00. The Morgan fingerprint density at radius 1 is 1.05 bits per heavy atom. The first-order valence-corrected chi connectivity index (χ1v) is 7.00. The third kappa shape index (κ3) is 3.16. The van der Waals surface area contributed by atoms with Gasteiger partial charge in [-0.1, -0.05) is 36.4 Å². The second kappa shape index (κ2) is 6.31. The van der Waals surface area contributed by atoms with Crippen LogP contribution in [0, 0.1) is 0 Å². The van der Waals surface area contributed by atoms with Crippen LogP contribution in [0.2, 0.25) is 0 Å². The van der Waals surface area contributed by atoms with Gasteiger partial charge < -0.3 is 14.8 Å². The highest BCUT2D eigenvalue weighted by Crippen LogP contribution is 2.26. The largest absolute Gasteiger partial charge is 0.493 e. The molecule has 2 aromatic carbocycles. The fourth-order valence-electron chi connectivity index (χ4n) is 2.25. The molecule has 1 N–H and O–H groups in total. The Hall–Kier alpha value is -2.49. The third-order valence-corrected chi connectivity index (χ3v) is 3.36. The van der Waals surface area contributed by atoms with E-state index in [0.29, 0.717) is 6.61 Å². The van der Waals surface area contributed by atoms with Crippen molar-refractivity contribution in [2.45, 2.75) is 6.61 Å². The van der Waals surface area contributed by atoms with Crippen molar-refractivity contribution in [3.05, 3.63) is 59.7 Å².